The minimum Gasteiger partial charge on any atom is -0.326 e. The maximum atomic E-state index is 13.2. The summed E-state index contributed by atoms with van der Waals surface area (Å²) in [7, 11) is 0. The highest BCUT2D eigenvalue weighted by Gasteiger charge is 2.21. The third-order valence-electron chi connectivity index (χ3n) is 7.43. The van der Waals surface area contributed by atoms with E-state index in [1.54, 1.807) is 10.9 Å². The van der Waals surface area contributed by atoms with E-state index in [9.17, 15) is 9.59 Å². The number of aryl methyl sites for hydroxylation is 3. The molecule has 1 amide bonds. The third-order valence-corrected chi connectivity index (χ3v) is 7.43. The van der Waals surface area contributed by atoms with Crippen LogP contribution < -0.4 is 10.9 Å². The van der Waals surface area contributed by atoms with Crippen molar-refractivity contribution >= 4 is 22.4 Å². The number of carbonyl (C=O) groups excluding carboxylic acids is 1. The molecule has 2 aromatic heterocycles. The lowest BCUT2D eigenvalue weighted by Crippen LogP contribution is -2.35. The van der Waals surface area contributed by atoms with Crippen LogP contribution in [0.3, 0.4) is 0 Å². The van der Waals surface area contributed by atoms with Gasteiger partial charge in [-0.05, 0) is 93.0 Å². The Kier molecular flexibility index (Phi) is 8.24. The van der Waals surface area contributed by atoms with Gasteiger partial charge in [0.25, 0.3) is 5.56 Å². The molecule has 1 N–H and O–H groups in total. The van der Waals surface area contributed by atoms with Gasteiger partial charge >= 0.3 is 0 Å². The second-order valence-corrected chi connectivity index (χ2v) is 10.2. The molecule has 1 aliphatic heterocycles. The molecule has 1 fully saturated rings. The van der Waals surface area contributed by atoms with Crippen LogP contribution in [0.5, 0.6) is 0 Å². The summed E-state index contributed by atoms with van der Waals surface area (Å²) in [5.41, 5.74) is 4.28. The molecule has 196 valence electrons. The highest BCUT2D eigenvalue weighted by molar-refractivity contribution is 5.88. The molecule has 0 bridgehead atoms. The SMILES string of the molecule is CC(=O)Nc1cccc(C2CCN(CCCn3nc(CCc4cccnc4)c4ccccc4c3=O)CC2)c1. The van der Waals surface area contributed by atoms with Gasteiger partial charge in [-0.1, -0.05) is 36.4 Å². The lowest BCUT2D eigenvalue weighted by atomic mass is 9.89. The molecule has 1 aliphatic rings. The quantitative estimate of drug-likeness (QED) is 0.350. The number of nitrogens with zero attached hydrogens (tertiary/aromatic N) is 4. The number of rotatable bonds is 9. The van der Waals surface area contributed by atoms with Gasteiger partial charge in [-0.25, -0.2) is 4.68 Å². The van der Waals surface area contributed by atoms with E-state index in [-0.39, 0.29) is 11.5 Å². The van der Waals surface area contributed by atoms with Crippen molar-refractivity contribution in [3.63, 3.8) is 0 Å². The minimum atomic E-state index is -0.0439. The Balaban J connectivity index is 1.19. The number of amides is 1. The molecular weight excluding hydrogens is 474 g/mol. The first kappa shape index (κ1) is 25.8. The lowest BCUT2D eigenvalue weighted by molar-refractivity contribution is -0.114. The standard InChI is InChI=1S/C31H35N5O2/c1-23(37)33-27-9-4-8-26(21-27)25-14-19-35(20-15-25)17-6-18-36-31(38)29-11-3-2-10-28(29)30(34-36)13-12-24-7-5-16-32-22-24/h2-5,7-11,16,21-22,25H,6,12-15,17-20H2,1H3,(H,33,37). The molecule has 3 heterocycles. The third kappa shape index (κ3) is 6.34. The number of nitrogens with one attached hydrogen (secondary N) is 1. The molecule has 0 unspecified atom stereocenters. The molecule has 1 saturated heterocycles. The van der Waals surface area contributed by atoms with Crippen LogP contribution in [-0.4, -0.2) is 45.2 Å². The Bertz CT molecular complexity index is 1440. The number of aromatic nitrogens is 3. The largest absolute Gasteiger partial charge is 0.326 e. The summed E-state index contributed by atoms with van der Waals surface area (Å²) in [6.07, 6.45) is 8.35. The molecule has 4 aromatic rings. The zero-order valence-corrected chi connectivity index (χ0v) is 22.0. The van der Waals surface area contributed by atoms with Gasteiger partial charge in [0.1, 0.15) is 0 Å². The van der Waals surface area contributed by atoms with Crippen LogP contribution in [-0.2, 0) is 24.2 Å². The number of benzene rings is 2. The van der Waals surface area contributed by atoms with Crippen molar-refractivity contribution in [2.24, 2.45) is 0 Å². The highest BCUT2D eigenvalue weighted by Crippen LogP contribution is 2.29. The molecule has 7 nitrogen and oxygen atoms in total. The average Bonchev–Trinajstić information content (AvgIpc) is 2.94. The summed E-state index contributed by atoms with van der Waals surface area (Å²) in [6.45, 7) is 5.17. The number of piperidine rings is 1. The van der Waals surface area contributed by atoms with E-state index in [0.717, 1.165) is 73.9 Å². The fourth-order valence-electron chi connectivity index (χ4n) is 5.46. The molecule has 0 spiro atoms. The summed E-state index contributed by atoms with van der Waals surface area (Å²) in [4.78, 5) is 31.3. The first-order valence-corrected chi connectivity index (χ1v) is 13.5. The van der Waals surface area contributed by atoms with Gasteiger partial charge in [0.2, 0.25) is 5.91 Å². The molecule has 7 heteroatoms. The van der Waals surface area contributed by atoms with Crippen molar-refractivity contribution in [2.45, 2.75) is 51.5 Å². The topological polar surface area (TPSA) is 80.1 Å². The van der Waals surface area contributed by atoms with Crippen LogP contribution >= 0.6 is 0 Å². The summed E-state index contributed by atoms with van der Waals surface area (Å²) < 4.78 is 1.67. The molecule has 0 radical (unpaired) electrons. The normalized spacial score (nSPS) is 14.6. The summed E-state index contributed by atoms with van der Waals surface area (Å²) in [5.74, 6) is 0.463. The number of hydrogen-bond donors (Lipinski definition) is 1. The minimum absolute atomic E-state index is 0.0107. The molecule has 0 saturated carbocycles. The van der Waals surface area contributed by atoms with Gasteiger partial charge < -0.3 is 10.2 Å². The smallest absolute Gasteiger partial charge is 0.274 e. The number of likely N-dealkylation sites (tertiary alicyclic amines) is 1. The second-order valence-electron chi connectivity index (χ2n) is 10.2. The fourth-order valence-corrected chi connectivity index (χ4v) is 5.46. The Hall–Kier alpha value is -3.84. The van der Waals surface area contributed by atoms with Crippen molar-refractivity contribution in [3.05, 3.63) is 100 Å². The monoisotopic (exact) mass is 509 g/mol. The van der Waals surface area contributed by atoms with Crippen molar-refractivity contribution in [2.75, 3.05) is 25.0 Å². The summed E-state index contributed by atoms with van der Waals surface area (Å²) in [5, 5.41) is 9.39. The van der Waals surface area contributed by atoms with Crippen LogP contribution in [0.25, 0.3) is 10.8 Å². The van der Waals surface area contributed by atoms with Crippen LogP contribution in [0, 0.1) is 0 Å². The molecule has 0 aliphatic carbocycles. The van der Waals surface area contributed by atoms with Crippen molar-refractivity contribution < 1.29 is 4.79 Å². The first-order valence-electron chi connectivity index (χ1n) is 13.5. The number of fused-ring (bicyclic) bond motifs is 1. The number of hydrogen-bond acceptors (Lipinski definition) is 5. The first-order chi connectivity index (χ1) is 18.6. The van der Waals surface area contributed by atoms with E-state index in [2.05, 4.69) is 33.4 Å². The van der Waals surface area contributed by atoms with E-state index >= 15 is 0 Å². The van der Waals surface area contributed by atoms with Crippen LogP contribution in [0.2, 0.25) is 0 Å². The highest BCUT2D eigenvalue weighted by atomic mass is 16.1. The Morgan fingerprint density at radius 1 is 0.974 bits per heavy atom. The van der Waals surface area contributed by atoms with Gasteiger partial charge in [0.05, 0.1) is 11.1 Å². The zero-order valence-electron chi connectivity index (χ0n) is 22.0. The Morgan fingerprint density at radius 3 is 2.55 bits per heavy atom. The Labute approximate surface area is 223 Å². The van der Waals surface area contributed by atoms with Gasteiger partial charge in [-0.2, -0.15) is 5.10 Å². The van der Waals surface area contributed by atoms with Crippen LogP contribution in [0.15, 0.2) is 77.9 Å². The molecule has 5 rings (SSSR count). The molecular formula is C31H35N5O2. The Morgan fingerprint density at radius 2 is 1.79 bits per heavy atom. The molecule has 0 atom stereocenters. The van der Waals surface area contributed by atoms with Crippen molar-refractivity contribution in [1.82, 2.24) is 19.7 Å². The van der Waals surface area contributed by atoms with Crippen LogP contribution in [0.4, 0.5) is 5.69 Å². The predicted octanol–water partition coefficient (Wildman–Crippen LogP) is 4.80. The van der Waals surface area contributed by atoms with E-state index in [0.29, 0.717) is 12.5 Å². The average molecular weight is 510 g/mol. The van der Waals surface area contributed by atoms with E-state index in [1.807, 2.05) is 48.7 Å². The summed E-state index contributed by atoms with van der Waals surface area (Å²) >= 11 is 0. The second kappa shape index (κ2) is 12.1. The van der Waals surface area contributed by atoms with Crippen LogP contribution in [0.1, 0.15) is 48.9 Å². The summed E-state index contributed by atoms with van der Waals surface area (Å²) in [6, 6.07) is 20.1. The van der Waals surface area contributed by atoms with Gasteiger partial charge in [-0.3, -0.25) is 14.6 Å². The lowest BCUT2D eigenvalue weighted by Gasteiger charge is -2.32. The maximum Gasteiger partial charge on any atom is 0.274 e. The number of carbonyl (C=O) groups is 1. The molecule has 2 aromatic carbocycles. The van der Waals surface area contributed by atoms with Crippen molar-refractivity contribution in [3.8, 4) is 0 Å². The number of pyridine rings is 1. The predicted molar refractivity (Wildman–Crippen MR) is 151 cm³/mol. The van der Waals surface area contributed by atoms with Gasteiger partial charge in [0.15, 0.2) is 0 Å². The molecule has 38 heavy (non-hydrogen) atoms. The van der Waals surface area contributed by atoms with Gasteiger partial charge in [-0.15, -0.1) is 0 Å². The van der Waals surface area contributed by atoms with Crippen molar-refractivity contribution in [1.29, 1.82) is 0 Å². The fraction of sp³-hybridized carbons (Fsp3) is 0.355. The van der Waals surface area contributed by atoms with E-state index in [1.165, 1.54) is 18.1 Å². The van der Waals surface area contributed by atoms with E-state index < -0.39 is 0 Å². The number of anilines is 1. The zero-order chi connectivity index (χ0) is 26.3. The van der Waals surface area contributed by atoms with Gasteiger partial charge in [0, 0.05) is 36.9 Å². The van der Waals surface area contributed by atoms with E-state index in [4.69, 9.17) is 5.10 Å². The maximum absolute atomic E-state index is 13.2.